The summed E-state index contributed by atoms with van der Waals surface area (Å²) in [5, 5.41) is 27.3. The maximum Gasteiger partial charge on any atom is 0.225 e. The number of nitrogens with zero attached hydrogens (tertiary/aromatic N) is 6. The van der Waals surface area contributed by atoms with Gasteiger partial charge >= 0.3 is 0 Å². The number of anilines is 1. The van der Waals surface area contributed by atoms with E-state index in [-0.39, 0.29) is 6.61 Å². The summed E-state index contributed by atoms with van der Waals surface area (Å²) < 4.78 is 7.39. The highest BCUT2D eigenvalue weighted by Crippen LogP contribution is 2.31. The van der Waals surface area contributed by atoms with Crippen LogP contribution in [0.4, 0.5) is 5.95 Å². The van der Waals surface area contributed by atoms with E-state index in [4.69, 9.17) is 4.74 Å². The molecule has 30 heavy (non-hydrogen) atoms. The largest absolute Gasteiger partial charge is 0.489 e. The molecule has 3 aromatic heterocycles. The Kier molecular flexibility index (Phi) is 4.34. The Hall–Kier alpha value is -3.22. The number of hydrogen-bond acceptors (Lipinski definition) is 8. The Morgan fingerprint density at radius 1 is 1.27 bits per heavy atom. The van der Waals surface area contributed by atoms with Crippen molar-refractivity contribution in [3.8, 4) is 22.9 Å². The van der Waals surface area contributed by atoms with E-state index in [0.717, 1.165) is 30.2 Å². The van der Waals surface area contributed by atoms with Crippen LogP contribution < -0.4 is 15.0 Å². The molecule has 2 bridgehead atoms. The van der Waals surface area contributed by atoms with Crippen molar-refractivity contribution >= 4 is 11.5 Å². The van der Waals surface area contributed by atoms with Crippen LogP contribution in [0.5, 0.6) is 5.75 Å². The number of rotatable bonds is 5. The molecule has 0 saturated carbocycles. The Bertz CT molecular complexity index is 1110. The quantitative estimate of drug-likeness (QED) is 0.655. The van der Waals surface area contributed by atoms with Gasteiger partial charge in [0.2, 0.25) is 5.95 Å². The molecule has 154 valence electrons. The fourth-order valence-corrected chi connectivity index (χ4v) is 4.04. The fraction of sp³-hybridized carbons (Fsp3) is 0.429. The van der Waals surface area contributed by atoms with Crippen molar-refractivity contribution in [1.82, 2.24) is 24.9 Å². The molecule has 9 heteroatoms. The van der Waals surface area contributed by atoms with Gasteiger partial charge in [-0.15, -0.1) is 0 Å². The number of fused-ring (bicyclic) bond motifs is 3. The first kappa shape index (κ1) is 18.8. The van der Waals surface area contributed by atoms with Crippen molar-refractivity contribution in [3.63, 3.8) is 0 Å². The lowest BCUT2D eigenvalue weighted by molar-refractivity contribution is 0.0283. The summed E-state index contributed by atoms with van der Waals surface area (Å²) in [6, 6.07) is 5.08. The monoisotopic (exact) mass is 405 g/mol. The second kappa shape index (κ2) is 6.93. The zero-order chi connectivity index (χ0) is 20.9. The third kappa shape index (κ3) is 3.44. The molecule has 6 heterocycles. The number of aliphatic hydroxyl groups is 1. The molecule has 2 atom stereocenters. The number of nitriles is 1. The SMILES string of the molecule is CC(C)(O)COc1cc(-c2cnc(N3CC4CC(C3)N4)nc2)c2c(C#N)cnn2c1. The average molecular weight is 405 g/mol. The molecule has 3 aromatic rings. The maximum absolute atomic E-state index is 9.98. The molecule has 0 spiro atoms. The van der Waals surface area contributed by atoms with Crippen LogP contribution in [0.3, 0.4) is 0 Å². The Morgan fingerprint density at radius 3 is 2.60 bits per heavy atom. The van der Waals surface area contributed by atoms with Gasteiger partial charge in [0.05, 0.1) is 29.1 Å². The molecule has 2 N–H and O–H groups in total. The van der Waals surface area contributed by atoms with Crippen LogP contribution >= 0.6 is 0 Å². The molecule has 9 nitrogen and oxygen atoms in total. The molecule has 0 aliphatic carbocycles. The zero-order valence-electron chi connectivity index (χ0n) is 16.9. The first-order chi connectivity index (χ1) is 14.4. The molecular weight excluding hydrogens is 382 g/mol. The van der Waals surface area contributed by atoms with Crippen molar-refractivity contribution in [2.75, 3.05) is 24.6 Å². The van der Waals surface area contributed by atoms with Gasteiger partial charge in [0.25, 0.3) is 0 Å². The minimum absolute atomic E-state index is 0.130. The van der Waals surface area contributed by atoms with E-state index in [1.165, 1.54) is 12.6 Å². The van der Waals surface area contributed by atoms with Gasteiger partial charge in [-0.25, -0.2) is 14.5 Å². The van der Waals surface area contributed by atoms with E-state index >= 15 is 0 Å². The van der Waals surface area contributed by atoms with Crippen LogP contribution in [0.2, 0.25) is 0 Å². The zero-order valence-corrected chi connectivity index (χ0v) is 16.9. The molecule has 3 fully saturated rings. The normalized spacial score (nSPS) is 20.7. The Morgan fingerprint density at radius 2 is 1.97 bits per heavy atom. The van der Waals surface area contributed by atoms with Gasteiger partial charge in [0, 0.05) is 48.7 Å². The highest BCUT2D eigenvalue weighted by molar-refractivity contribution is 5.84. The summed E-state index contributed by atoms with van der Waals surface area (Å²) in [6.07, 6.45) is 8.01. The fourth-order valence-electron chi connectivity index (χ4n) is 4.04. The summed E-state index contributed by atoms with van der Waals surface area (Å²) in [7, 11) is 0. The van der Waals surface area contributed by atoms with Crippen molar-refractivity contribution < 1.29 is 9.84 Å². The summed E-state index contributed by atoms with van der Waals surface area (Å²) in [6.45, 7) is 5.33. The van der Waals surface area contributed by atoms with Crippen LogP contribution in [0, 0.1) is 11.3 Å². The molecule has 0 amide bonds. The van der Waals surface area contributed by atoms with Crippen molar-refractivity contribution in [3.05, 3.63) is 36.4 Å². The Labute approximate surface area is 173 Å². The van der Waals surface area contributed by atoms with Crippen LogP contribution in [0.1, 0.15) is 25.8 Å². The van der Waals surface area contributed by atoms with Crippen molar-refractivity contribution in [2.45, 2.75) is 38.0 Å². The molecule has 6 rings (SSSR count). The molecule has 3 saturated heterocycles. The van der Waals surface area contributed by atoms with E-state index < -0.39 is 5.60 Å². The molecule has 3 aliphatic rings. The minimum atomic E-state index is -0.966. The van der Waals surface area contributed by atoms with Gasteiger partial charge in [-0.3, -0.25) is 0 Å². The molecule has 3 aliphatic heterocycles. The van der Waals surface area contributed by atoms with Gasteiger partial charge in [-0.1, -0.05) is 0 Å². The number of aromatic nitrogens is 4. The van der Waals surface area contributed by atoms with Crippen LogP contribution in [0.15, 0.2) is 30.9 Å². The third-order valence-corrected chi connectivity index (χ3v) is 5.45. The number of hydrogen-bond donors (Lipinski definition) is 2. The third-order valence-electron chi connectivity index (χ3n) is 5.45. The molecule has 0 radical (unpaired) electrons. The first-order valence-electron chi connectivity index (χ1n) is 10.00. The van der Waals surface area contributed by atoms with Gasteiger partial charge in [0.1, 0.15) is 18.4 Å². The summed E-state index contributed by atoms with van der Waals surface area (Å²) >= 11 is 0. The number of piperidine rings is 1. The Balaban J connectivity index is 1.50. The van der Waals surface area contributed by atoms with Gasteiger partial charge < -0.3 is 20.1 Å². The van der Waals surface area contributed by atoms with E-state index in [0.29, 0.717) is 28.9 Å². The highest BCUT2D eigenvalue weighted by Gasteiger charge is 2.37. The smallest absolute Gasteiger partial charge is 0.225 e. The van der Waals surface area contributed by atoms with E-state index in [2.05, 4.69) is 31.4 Å². The number of pyridine rings is 1. The second-order valence-electron chi connectivity index (χ2n) is 8.63. The summed E-state index contributed by atoms with van der Waals surface area (Å²) in [5.41, 5.74) is 1.70. The number of ether oxygens (including phenoxy) is 1. The highest BCUT2D eigenvalue weighted by atomic mass is 16.5. The predicted molar refractivity (Wildman–Crippen MR) is 110 cm³/mol. The first-order valence-corrected chi connectivity index (χ1v) is 10.00. The van der Waals surface area contributed by atoms with E-state index in [1.54, 1.807) is 37.0 Å². The summed E-state index contributed by atoms with van der Waals surface area (Å²) in [4.78, 5) is 11.4. The lowest BCUT2D eigenvalue weighted by Crippen LogP contribution is -2.67. The van der Waals surface area contributed by atoms with Crippen molar-refractivity contribution in [2.24, 2.45) is 0 Å². The number of nitrogens with one attached hydrogen (secondary N) is 1. The van der Waals surface area contributed by atoms with Crippen LogP contribution in [0.25, 0.3) is 16.6 Å². The van der Waals surface area contributed by atoms with Gasteiger partial charge in [-0.05, 0) is 26.3 Å². The number of piperazine rings is 1. The molecule has 0 aromatic carbocycles. The maximum atomic E-state index is 9.98. The van der Waals surface area contributed by atoms with E-state index in [9.17, 15) is 10.4 Å². The van der Waals surface area contributed by atoms with Crippen molar-refractivity contribution in [1.29, 1.82) is 5.26 Å². The molecule has 2 unspecified atom stereocenters. The topological polar surface area (TPSA) is 112 Å². The van der Waals surface area contributed by atoms with Crippen LogP contribution in [-0.2, 0) is 0 Å². The predicted octanol–water partition coefficient (Wildman–Crippen LogP) is 1.36. The molecular formula is C21H23N7O2. The van der Waals surface area contributed by atoms with Crippen LogP contribution in [-0.4, -0.2) is 62.1 Å². The van der Waals surface area contributed by atoms with Gasteiger partial charge in [-0.2, -0.15) is 10.4 Å². The average Bonchev–Trinajstić information content (AvgIpc) is 3.14. The second-order valence-corrected chi connectivity index (χ2v) is 8.63. The lowest BCUT2D eigenvalue weighted by Gasteiger charge is -2.48. The minimum Gasteiger partial charge on any atom is -0.489 e. The standard InChI is InChI=1S/C21H23N7O2/c1-21(2,29)12-30-17-4-18(19-13(5-22)8-25-28(19)11-17)14-6-23-20(24-7-14)27-9-15-3-16(10-27)26-15/h4,6-8,11,15-16,26,29H,3,9-10,12H2,1-2H3. The van der Waals surface area contributed by atoms with Gasteiger partial charge in [0.15, 0.2) is 0 Å². The lowest BCUT2D eigenvalue weighted by atomic mass is 9.92. The summed E-state index contributed by atoms with van der Waals surface area (Å²) in [5.74, 6) is 1.26. The van der Waals surface area contributed by atoms with E-state index in [1.807, 2.05) is 6.07 Å².